The van der Waals surface area contributed by atoms with Gasteiger partial charge in [0.15, 0.2) is 27.9 Å². The van der Waals surface area contributed by atoms with Crippen molar-refractivity contribution in [2.75, 3.05) is 51.9 Å². The minimum absolute atomic E-state index is 0.00128. The Hall–Kier alpha value is -5.56. The Morgan fingerprint density at radius 1 is 0.941 bits per heavy atom. The third-order valence-electron chi connectivity index (χ3n) is 13.3. The Morgan fingerprint density at radius 2 is 1.62 bits per heavy atom. The fraction of sp³-hybridized carbons (Fsp3) is 0.529. The van der Waals surface area contributed by atoms with Crippen LogP contribution in [0.15, 0.2) is 51.4 Å². The van der Waals surface area contributed by atoms with Crippen LogP contribution in [0.5, 0.6) is 11.5 Å². The van der Waals surface area contributed by atoms with Crippen LogP contribution < -0.4 is 26.1 Å². The predicted octanol–water partition coefficient (Wildman–Crippen LogP) is 4.88. The molecule has 6 rings (SSSR count). The third-order valence-corrected chi connectivity index (χ3v) is 13.3. The number of nitrogens with one attached hydrogen (secondary N) is 1. The number of allylic oxidation sites excluding steroid dienone is 2. The lowest BCUT2D eigenvalue weighted by molar-refractivity contribution is -0.160. The van der Waals surface area contributed by atoms with Gasteiger partial charge in [-0.05, 0) is 45.9 Å². The SMILES string of the molecule is CCOCCN(CCOCC)C1C=Cc2nc3c(oc2=C1)c1c(O)c2c(=O)c(C)c4c(c23)=C(O)[C@@](C)(O/C=C/[C@H](OC)[C@@H](C)[C@@H](OC(C)=O)[C@H](C)[C@H](O)[C@H](C)[C@@H](O)[C@@H](C)/C=C/C=C(/C)C(=O)N1)O4. The molecule has 2 aromatic carbocycles. The van der Waals surface area contributed by atoms with Crippen LogP contribution >= 0.6 is 0 Å². The van der Waals surface area contributed by atoms with Crippen molar-refractivity contribution in [2.24, 2.45) is 23.7 Å². The number of aliphatic hydroxyl groups is 3. The Kier molecular flexibility index (Phi) is 16.6. The molecule has 1 unspecified atom stereocenters. The Balaban J connectivity index is 1.60. The van der Waals surface area contributed by atoms with E-state index in [4.69, 9.17) is 37.8 Å². The first-order valence-corrected chi connectivity index (χ1v) is 23.2. The standard InChI is InChI=1S/C51H67N3O14/c1-12-63-23-20-54(21-24-64-13-2)33-17-18-34-36(25-33)67-48-40(52-34)37-38-44(58)31(8)47-39(37)49(60)51(10,68-47)65-22-19-35(62-11)28(5)46(66-32(9)55)30(7)43(57)29(6)42(56)26(3)15-14-16-27(4)50(61)53-41(48)45(38)59/h14-19,22,25-26,28-30,33,35,42-43,46,56-57,59-60H,12-13,20-21,23-24H2,1-11H3,(H,53,61)/b15-14+,22-19+,27-16-/t26-,28+,29+,30+,33?,35-,42-,43+,46+,51-/m0/s1. The van der Waals surface area contributed by atoms with E-state index in [2.05, 4.69) is 10.2 Å². The monoisotopic (exact) mass is 945 g/mol. The van der Waals surface area contributed by atoms with Crippen molar-refractivity contribution in [3.63, 3.8) is 0 Å². The fourth-order valence-corrected chi connectivity index (χ4v) is 9.17. The van der Waals surface area contributed by atoms with E-state index in [0.29, 0.717) is 50.6 Å². The summed E-state index contributed by atoms with van der Waals surface area (Å²) in [5, 5.41) is 50.1. The van der Waals surface area contributed by atoms with Crippen molar-refractivity contribution in [2.45, 2.75) is 105 Å². The van der Waals surface area contributed by atoms with Crippen LogP contribution in [0.25, 0.3) is 39.8 Å². The number of benzene rings is 2. The number of esters is 1. The maximum atomic E-state index is 14.5. The number of hydrogen-bond acceptors (Lipinski definition) is 16. The number of aromatic nitrogens is 1. The largest absolute Gasteiger partial charge is 0.505 e. The normalized spacial score (nSPS) is 29.5. The number of aromatic hydroxyl groups is 1. The molecule has 2 aliphatic heterocycles. The van der Waals surface area contributed by atoms with Crippen LogP contribution in [0.1, 0.15) is 73.6 Å². The molecule has 0 fully saturated rings. The highest BCUT2D eigenvalue weighted by atomic mass is 16.7. The number of phenols is 1. The lowest BCUT2D eigenvalue weighted by atomic mass is 9.78. The molecular formula is C51H67N3O14. The quantitative estimate of drug-likeness (QED) is 0.0747. The van der Waals surface area contributed by atoms with Gasteiger partial charge in [-0.3, -0.25) is 19.3 Å². The van der Waals surface area contributed by atoms with E-state index in [0.717, 1.165) is 0 Å². The molecule has 0 radical (unpaired) electrons. The summed E-state index contributed by atoms with van der Waals surface area (Å²) in [7, 11) is 1.46. The maximum Gasteiger partial charge on any atom is 0.307 e. The number of nitrogens with zero attached hydrogens (tertiary/aromatic N) is 2. The van der Waals surface area contributed by atoms with Crippen molar-refractivity contribution in [3.8, 4) is 11.5 Å². The molecule has 3 aromatic rings. The average molecular weight is 946 g/mol. The van der Waals surface area contributed by atoms with Crippen LogP contribution in [-0.4, -0.2) is 125 Å². The van der Waals surface area contributed by atoms with E-state index in [-0.39, 0.29) is 55.7 Å². The number of carbonyl (C=O) groups is 2. The number of phenolic OH excluding ortho intramolecular Hbond substituents is 1. The molecule has 5 bridgehead atoms. The summed E-state index contributed by atoms with van der Waals surface area (Å²) >= 11 is 0. The lowest BCUT2D eigenvalue weighted by Crippen LogP contribution is -2.46. The molecule has 5 N–H and O–H groups in total. The Morgan fingerprint density at radius 3 is 2.25 bits per heavy atom. The van der Waals surface area contributed by atoms with E-state index >= 15 is 0 Å². The summed E-state index contributed by atoms with van der Waals surface area (Å²) in [6.45, 7) is 19.8. The van der Waals surface area contributed by atoms with Gasteiger partial charge in [-0.2, -0.15) is 0 Å². The van der Waals surface area contributed by atoms with Crippen LogP contribution in [0.3, 0.4) is 0 Å². The second kappa shape index (κ2) is 21.8. The molecule has 17 heteroatoms. The minimum Gasteiger partial charge on any atom is -0.505 e. The van der Waals surface area contributed by atoms with Gasteiger partial charge >= 0.3 is 11.8 Å². The summed E-state index contributed by atoms with van der Waals surface area (Å²) in [6, 6.07) is -0.287. The predicted molar refractivity (Wildman–Crippen MR) is 257 cm³/mol. The average Bonchev–Trinajstić information content (AvgIpc) is 3.58. The molecule has 1 amide bonds. The van der Waals surface area contributed by atoms with Gasteiger partial charge < -0.3 is 58.6 Å². The van der Waals surface area contributed by atoms with Gasteiger partial charge in [0.25, 0.3) is 5.91 Å². The highest BCUT2D eigenvalue weighted by molar-refractivity contribution is 6.18. The van der Waals surface area contributed by atoms with Crippen LogP contribution in [-0.2, 0) is 33.3 Å². The molecule has 0 saturated heterocycles. The molecule has 0 saturated carbocycles. The van der Waals surface area contributed by atoms with Gasteiger partial charge in [0, 0.05) is 87.5 Å². The number of amides is 1. The molecule has 10 atom stereocenters. The molecule has 3 aliphatic rings. The lowest BCUT2D eigenvalue weighted by Gasteiger charge is -2.38. The molecule has 1 aliphatic carbocycles. The maximum absolute atomic E-state index is 14.5. The number of ether oxygens (including phenoxy) is 6. The zero-order chi connectivity index (χ0) is 49.8. The van der Waals surface area contributed by atoms with Gasteiger partial charge in [0.2, 0.25) is 0 Å². The molecule has 0 spiro atoms. The number of aliphatic hydroxyl groups excluding tert-OH is 3. The fourth-order valence-electron chi connectivity index (χ4n) is 9.17. The van der Waals surface area contributed by atoms with Crippen LogP contribution in [0, 0.1) is 30.6 Å². The third kappa shape index (κ3) is 10.4. The molecule has 370 valence electrons. The van der Waals surface area contributed by atoms with Crippen molar-refractivity contribution in [1.29, 1.82) is 0 Å². The second-order valence-corrected chi connectivity index (χ2v) is 17.9. The van der Waals surface area contributed by atoms with Crippen molar-refractivity contribution >= 4 is 57.3 Å². The zero-order valence-corrected chi connectivity index (χ0v) is 40.8. The van der Waals surface area contributed by atoms with E-state index in [9.17, 15) is 34.8 Å². The van der Waals surface area contributed by atoms with Gasteiger partial charge in [0.1, 0.15) is 28.8 Å². The molecule has 1 aromatic heterocycles. The number of fused-ring (bicyclic) bond motifs is 5. The zero-order valence-electron chi connectivity index (χ0n) is 40.8. The number of anilines is 1. The first-order valence-electron chi connectivity index (χ1n) is 23.2. The number of methoxy groups -OCH3 is 1. The second-order valence-electron chi connectivity index (χ2n) is 17.9. The Labute approximate surface area is 396 Å². The summed E-state index contributed by atoms with van der Waals surface area (Å²) in [4.78, 5) is 48.2. The van der Waals surface area contributed by atoms with Gasteiger partial charge in [0.05, 0.1) is 54.4 Å². The summed E-state index contributed by atoms with van der Waals surface area (Å²) < 4.78 is 42.1. The van der Waals surface area contributed by atoms with Gasteiger partial charge in [-0.15, -0.1) is 0 Å². The van der Waals surface area contributed by atoms with E-state index in [1.54, 1.807) is 58.9 Å². The molecule has 17 nitrogen and oxygen atoms in total. The topological polar surface area (TPSA) is 229 Å². The number of rotatable bonds is 11. The molecule has 68 heavy (non-hydrogen) atoms. The molecular weight excluding hydrogens is 879 g/mol. The van der Waals surface area contributed by atoms with E-state index < -0.39 is 82.7 Å². The Bertz CT molecular complexity index is 2680. The van der Waals surface area contributed by atoms with Crippen LogP contribution in [0.2, 0.25) is 0 Å². The van der Waals surface area contributed by atoms with Crippen molar-refractivity contribution in [3.05, 3.63) is 74.3 Å². The van der Waals surface area contributed by atoms with E-state index in [1.165, 1.54) is 40.2 Å². The smallest absolute Gasteiger partial charge is 0.307 e. The summed E-state index contributed by atoms with van der Waals surface area (Å²) in [6.07, 6.45) is 9.36. The van der Waals surface area contributed by atoms with Crippen molar-refractivity contribution in [1.82, 2.24) is 9.88 Å². The first kappa shape index (κ1) is 51.8. The van der Waals surface area contributed by atoms with E-state index in [1.807, 2.05) is 26.0 Å². The van der Waals surface area contributed by atoms with Gasteiger partial charge in [-0.1, -0.05) is 52.0 Å². The van der Waals surface area contributed by atoms with Crippen molar-refractivity contribution < 1.29 is 62.9 Å². The summed E-state index contributed by atoms with van der Waals surface area (Å²) in [5.41, 5.74) is -0.0408. The molecule has 3 heterocycles. The minimum atomic E-state index is -1.94. The summed E-state index contributed by atoms with van der Waals surface area (Å²) in [5.74, 6) is -6.76. The number of carbonyl (C=O) groups excluding carboxylic acids is 2. The highest BCUT2D eigenvalue weighted by Gasteiger charge is 2.44. The number of hydrogen-bond donors (Lipinski definition) is 5. The first-order chi connectivity index (χ1) is 32.3. The van der Waals surface area contributed by atoms with Crippen LogP contribution in [0.4, 0.5) is 5.69 Å². The highest BCUT2D eigenvalue weighted by Crippen LogP contribution is 2.42. The van der Waals surface area contributed by atoms with Gasteiger partial charge in [-0.25, -0.2) is 4.98 Å².